The van der Waals surface area contributed by atoms with Gasteiger partial charge in [0.15, 0.2) is 0 Å². The average Bonchev–Trinajstić information content (AvgIpc) is 2.27. The number of hydrogen-bond acceptors (Lipinski definition) is 4. The highest BCUT2D eigenvalue weighted by molar-refractivity contribution is 5.79. The number of nitrogens with one attached hydrogen (secondary N) is 1. The summed E-state index contributed by atoms with van der Waals surface area (Å²) in [5, 5.41) is 11.2. The lowest BCUT2D eigenvalue weighted by Crippen LogP contribution is -2.51. The van der Waals surface area contributed by atoms with Crippen LogP contribution < -0.4 is 10.3 Å². The van der Waals surface area contributed by atoms with E-state index in [4.69, 9.17) is 9.94 Å². The van der Waals surface area contributed by atoms with E-state index in [2.05, 4.69) is 4.98 Å². The number of aromatic nitrogens is 1. The molecule has 3 rings (SSSR count). The number of nitrogens with zero attached hydrogens (tertiary/aromatic N) is 1. The second-order valence-corrected chi connectivity index (χ2v) is 4.18. The molecule has 5 heteroatoms. The number of ether oxygens (including phenoxy) is 1. The fourth-order valence-electron chi connectivity index (χ4n) is 1.89. The van der Waals surface area contributed by atoms with Gasteiger partial charge in [0, 0.05) is 17.0 Å². The van der Waals surface area contributed by atoms with Crippen LogP contribution in [0.5, 0.6) is 5.75 Å². The van der Waals surface area contributed by atoms with E-state index in [-0.39, 0.29) is 11.7 Å². The zero-order valence-electron chi connectivity index (χ0n) is 9.09. The summed E-state index contributed by atoms with van der Waals surface area (Å²) in [4.78, 5) is 13.9. The third-order valence-corrected chi connectivity index (χ3v) is 2.83. The van der Waals surface area contributed by atoms with Crippen molar-refractivity contribution in [2.45, 2.75) is 6.10 Å². The Balaban J connectivity index is 1.86. The zero-order chi connectivity index (χ0) is 11.8. The molecule has 0 saturated carbocycles. The van der Waals surface area contributed by atoms with Crippen LogP contribution in [0.25, 0.3) is 10.9 Å². The summed E-state index contributed by atoms with van der Waals surface area (Å²) in [5.74, 6) is 0.752. The first kappa shape index (κ1) is 10.3. The van der Waals surface area contributed by atoms with Gasteiger partial charge in [0.25, 0.3) is 0 Å². The molecule has 2 aromatic rings. The van der Waals surface area contributed by atoms with Crippen molar-refractivity contribution >= 4 is 10.9 Å². The lowest BCUT2D eigenvalue weighted by atomic mass is 10.2. The summed E-state index contributed by atoms with van der Waals surface area (Å²) < 4.78 is 5.67. The van der Waals surface area contributed by atoms with Gasteiger partial charge in [0.2, 0.25) is 5.56 Å². The van der Waals surface area contributed by atoms with Gasteiger partial charge >= 0.3 is 0 Å². The predicted molar refractivity (Wildman–Crippen MR) is 62.3 cm³/mol. The molecule has 88 valence electrons. The number of fused-ring (bicyclic) bond motifs is 1. The number of pyridine rings is 1. The van der Waals surface area contributed by atoms with E-state index in [0.717, 1.165) is 16.7 Å². The minimum Gasteiger partial charge on any atom is -0.488 e. The fraction of sp³-hybridized carbons (Fsp3) is 0.250. The van der Waals surface area contributed by atoms with E-state index in [1.54, 1.807) is 6.07 Å². The highest BCUT2D eigenvalue weighted by Gasteiger charge is 2.26. The van der Waals surface area contributed by atoms with Crippen molar-refractivity contribution < 1.29 is 9.94 Å². The van der Waals surface area contributed by atoms with Gasteiger partial charge < -0.3 is 14.9 Å². The minimum absolute atomic E-state index is 0.0419. The molecular formula is C12H12N2O3. The molecule has 2 N–H and O–H groups in total. The van der Waals surface area contributed by atoms with Gasteiger partial charge in [-0.15, -0.1) is 0 Å². The van der Waals surface area contributed by atoms with Gasteiger partial charge in [-0.3, -0.25) is 4.79 Å². The van der Waals surface area contributed by atoms with E-state index in [9.17, 15) is 4.79 Å². The average molecular weight is 232 g/mol. The monoisotopic (exact) mass is 232 g/mol. The van der Waals surface area contributed by atoms with Crippen molar-refractivity contribution in [2.24, 2.45) is 0 Å². The molecule has 0 amide bonds. The Hall–Kier alpha value is -1.85. The third-order valence-electron chi connectivity index (χ3n) is 2.83. The van der Waals surface area contributed by atoms with E-state index in [1.165, 1.54) is 11.1 Å². The maximum absolute atomic E-state index is 11.1. The maximum Gasteiger partial charge on any atom is 0.248 e. The van der Waals surface area contributed by atoms with Crippen LogP contribution in [0.1, 0.15) is 0 Å². The molecule has 5 nitrogen and oxygen atoms in total. The molecule has 0 radical (unpaired) electrons. The number of hydroxylamine groups is 2. The molecule has 0 unspecified atom stereocenters. The van der Waals surface area contributed by atoms with Gasteiger partial charge in [0.05, 0.1) is 13.1 Å². The number of rotatable bonds is 2. The van der Waals surface area contributed by atoms with E-state index >= 15 is 0 Å². The number of benzene rings is 1. The zero-order valence-corrected chi connectivity index (χ0v) is 9.09. The second kappa shape index (κ2) is 3.87. The van der Waals surface area contributed by atoms with Crippen molar-refractivity contribution in [1.82, 2.24) is 10.0 Å². The summed E-state index contributed by atoms with van der Waals surface area (Å²) in [6, 6.07) is 8.77. The Morgan fingerprint density at radius 3 is 2.88 bits per heavy atom. The molecule has 2 heterocycles. The molecule has 0 atom stereocenters. The molecule has 1 aromatic heterocycles. The number of aromatic amines is 1. The Bertz CT molecular complexity index is 602. The van der Waals surface area contributed by atoms with Gasteiger partial charge in [0.1, 0.15) is 11.9 Å². The van der Waals surface area contributed by atoms with Crippen LogP contribution in [0.4, 0.5) is 0 Å². The van der Waals surface area contributed by atoms with E-state index in [1.807, 2.05) is 18.2 Å². The highest BCUT2D eigenvalue weighted by Crippen LogP contribution is 2.21. The summed E-state index contributed by atoms with van der Waals surface area (Å²) >= 11 is 0. The minimum atomic E-state index is -0.110. The number of H-pyrrole nitrogens is 1. The predicted octanol–water partition coefficient (Wildman–Crippen LogP) is 0.980. The van der Waals surface area contributed by atoms with Crippen LogP contribution in [0.3, 0.4) is 0 Å². The van der Waals surface area contributed by atoms with Crippen molar-refractivity contribution in [1.29, 1.82) is 0 Å². The molecule has 1 aromatic carbocycles. The van der Waals surface area contributed by atoms with Crippen LogP contribution in [0.2, 0.25) is 0 Å². The summed E-state index contributed by atoms with van der Waals surface area (Å²) in [6.07, 6.45) is 0.0419. The Labute approximate surface area is 97.2 Å². The first-order valence-electron chi connectivity index (χ1n) is 5.44. The Morgan fingerprint density at radius 1 is 1.29 bits per heavy atom. The Kier molecular flexibility index (Phi) is 2.35. The summed E-state index contributed by atoms with van der Waals surface area (Å²) in [7, 11) is 0. The normalized spacial score (nSPS) is 17.0. The first-order valence-corrected chi connectivity index (χ1v) is 5.44. The van der Waals surface area contributed by atoms with E-state index < -0.39 is 0 Å². The van der Waals surface area contributed by atoms with Crippen LogP contribution in [0.15, 0.2) is 35.1 Å². The van der Waals surface area contributed by atoms with Crippen LogP contribution >= 0.6 is 0 Å². The smallest absolute Gasteiger partial charge is 0.248 e. The lowest BCUT2D eigenvalue weighted by molar-refractivity contribution is -0.184. The lowest BCUT2D eigenvalue weighted by Gasteiger charge is -2.33. The van der Waals surface area contributed by atoms with Crippen molar-refractivity contribution in [3.63, 3.8) is 0 Å². The molecule has 1 aliphatic rings. The quantitative estimate of drug-likeness (QED) is 0.810. The second-order valence-electron chi connectivity index (χ2n) is 4.18. The van der Waals surface area contributed by atoms with Gasteiger partial charge in [-0.25, -0.2) is 0 Å². The SMILES string of the molecule is O=c1ccc2cc(OC3CN(O)C3)ccc2[nH]1. The largest absolute Gasteiger partial charge is 0.488 e. The van der Waals surface area contributed by atoms with Gasteiger partial charge in [-0.1, -0.05) is 0 Å². The molecule has 1 aliphatic heterocycles. The number of hydrogen-bond donors (Lipinski definition) is 2. The molecule has 0 spiro atoms. The van der Waals surface area contributed by atoms with Crippen LogP contribution in [0, 0.1) is 0 Å². The fourth-order valence-corrected chi connectivity index (χ4v) is 1.89. The van der Waals surface area contributed by atoms with Gasteiger partial charge in [-0.05, 0) is 24.3 Å². The summed E-state index contributed by atoms with van der Waals surface area (Å²) in [5.41, 5.74) is 0.684. The topological polar surface area (TPSA) is 65.6 Å². The standard InChI is InChI=1S/C12H12N2O3/c15-12-4-1-8-5-9(2-3-11(8)13-12)17-10-6-14(16)7-10/h1-5,10,16H,6-7H2,(H,13,15). The Morgan fingerprint density at radius 2 is 2.12 bits per heavy atom. The van der Waals surface area contributed by atoms with Crippen molar-refractivity contribution in [3.05, 3.63) is 40.7 Å². The highest BCUT2D eigenvalue weighted by atomic mass is 16.5. The third kappa shape index (κ3) is 2.02. The van der Waals surface area contributed by atoms with Crippen molar-refractivity contribution in [2.75, 3.05) is 13.1 Å². The molecule has 0 bridgehead atoms. The molecule has 1 saturated heterocycles. The van der Waals surface area contributed by atoms with Gasteiger partial charge in [-0.2, -0.15) is 5.06 Å². The molecule has 1 fully saturated rings. The maximum atomic E-state index is 11.1. The molecule has 0 aliphatic carbocycles. The molecular weight excluding hydrogens is 220 g/mol. The summed E-state index contributed by atoms with van der Waals surface area (Å²) in [6.45, 7) is 1.06. The van der Waals surface area contributed by atoms with Crippen LogP contribution in [-0.2, 0) is 0 Å². The first-order chi connectivity index (χ1) is 8.20. The van der Waals surface area contributed by atoms with Crippen LogP contribution in [-0.4, -0.2) is 34.4 Å². The van der Waals surface area contributed by atoms with E-state index in [0.29, 0.717) is 13.1 Å². The molecule has 17 heavy (non-hydrogen) atoms. The van der Waals surface area contributed by atoms with Crippen molar-refractivity contribution in [3.8, 4) is 5.75 Å².